The molecule has 0 aromatic heterocycles. The molecule has 3 nitrogen and oxygen atoms in total. The summed E-state index contributed by atoms with van der Waals surface area (Å²) in [7, 11) is 0. The number of aryl methyl sites for hydroxylation is 1. The van der Waals surface area contributed by atoms with Crippen LogP contribution in [0.1, 0.15) is 29.3 Å². The third-order valence-electron chi connectivity index (χ3n) is 2.13. The van der Waals surface area contributed by atoms with Gasteiger partial charge in [-0.15, -0.1) is 0 Å². The van der Waals surface area contributed by atoms with Gasteiger partial charge in [-0.05, 0) is 18.4 Å². The Morgan fingerprint density at radius 2 is 2.00 bits per heavy atom. The second kappa shape index (κ2) is 5.96. The topological polar surface area (TPSA) is 46.2 Å². The number of amides is 1. The summed E-state index contributed by atoms with van der Waals surface area (Å²) >= 11 is 0. The van der Waals surface area contributed by atoms with E-state index in [1.54, 1.807) is 12.1 Å². The highest BCUT2D eigenvalue weighted by Gasteiger charge is 1.95. The molecule has 0 aliphatic carbocycles. The van der Waals surface area contributed by atoms with Crippen molar-refractivity contribution in [2.24, 2.45) is 0 Å². The van der Waals surface area contributed by atoms with E-state index in [0.29, 0.717) is 12.1 Å². The molecule has 1 N–H and O–H groups in total. The van der Waals surface area contributed by atoms with Gasteiger partial charge in [0.2, 0.25) is 5.91 Å². The van der Waals surface area contributed by atoms with Crippen LogP contribution in [0.15, 0.2) is 24.3 Å². The fourth-order valence-corrected chi connectivity index (χ4v) is 1.32. The van der Waals surface area contributed by atoms with Gasteiger partial charge in [-0.25, -0.2) is 0 Å². The number of rotatable bonds is 5. The van der Waals surface area contributed by atoms with Gasteiger partial charge in [0, 0.05) is 19.0 Å². The van der Waals surface area contributed by atoms with Crippen molar-refractivity contribution in [3.63, 3.8) is 0 Å². The standard InChI is InChI=1S/C12H15NO2/c1-10(15)13-8-2-3-11-4-6-12(9-14)7-5-11/h4-7,9H,2-3,8H2,1H3,(H,13,15). The first-order valence-corrected chi connectivity index (χ1v) is 5.01. The maximum absolute atomic E-state index is 10.6. The lowest BCUT2D eigenvalue weighted by molar-refractivity contribution is -0.118. The average Bonchev–Trinajstić information content (AvgIpc) is 2.25. The summed E-state index contributed by atoms with van der Waals surface area (Å²) < 4.78 is 0. The fraction of sp³-hybridized carbons (Fsp3) is 0.333. The zero-order chi connectivity index (χ0) is 11.1. The van der Waals surface area contributed by atoms with E-state index >= 15 is 0 Å². The zero-order valence-electron chi connectivity index (χ0n) is 8.82. The van der Waals surface area contributed by atoms with Gasteiger partial charge in [0.25, 0.3) is 0 Å². The van der Waals surface area contributed by atoms with Crippen LogP contribution in [-0.2, 0) is 11.2 Å². The van der Waals surface area contributed by atoms with Crippen molar-refractivity contribution >= 4 is 12.2 Å². The van der Waals surface area contributed by atoms with E-state index in [2.05, 4.69) is 5.32 Å². The quantitative estimate of drug-likeness (QED) is 0.586. The van der Waals surface area contributed by atoms with Crippen molar-refractivity contribution < 1.29 is 9.59 Å². The minimum atomic E-state index is 0.00584. The predicted octanol–water partition coefficient (Wildman–Crippen LogP) is 1.57. The van der Waals surface area contributed by atoms with Gasteiger partial charge < -0.3 is 5.32 Å². The van der Waals surface area contributed by atoms with Crippen molar-refractivity contribution in [3.8, 4) is 0 Å². The van der Waals surface area contributed by atoms with Crippen LogP contribution in [0.3, 0.4) is 0 Å². The molecule has 1 amide bonds. The molecule has 0 saturated carbocycles. The second-order valence-corrected chi connectivity index (χ2v) is 3.45. The number of benzene rings is 1. The fourth-order valence-electron chi connectivity index (χ4n) is 1.32. The van der Waals surface area contributed by atoms with Gasteiger partial charge in [0.15, 0.2) is 0 Å². The Morgan fingerprint density at radius 1 is 1.33 bits per heavy atom. The Labute approximate surface area is 89.5 Å². The highest BCUT2D eigenvalue weighted by atomic mass is 16.1. The van der Waals surface area contributed by atoms with E-state index in [1.807, 2.05) is 12.1 Å². The minimum Gasteiger partial charge on any atom is -0.356 e. The Bertz CT molecular complexity index is 330. The lowest BCUT2D eigenvalue weighted by atomic mass is 10.1. The molecule has 1 aromatic rings. The number of nitrogens with one attached hydrogen (secondary N) is 1. The number of carbonyl (C=O) groups is 2. The molecule has 0 saturated heterocycles. The van der Waals surface area contributed by atoms with Crippen LogP contribution < -0.4 is 5.32 Å². The molecule has 0 heterocycles. The van der Waals surface area contributed by atoms with Crippen molar-refractivity contribution in [3.05, 3.63) is 35.4 Å². The number of aldehydes is 1. The highest BCUT2D eigenvalue weighted by molar-refractivity contribution is 5.74. The van der Waals surface area contributed by atoms with Crippen LogP contribution in [-0.4, -0.2) is 18.7 Å². The molecule has 1 rings (SSSR count). The third kappa shape index (κ3) is 4.40. The van der Waals surface area contributed by atoms with Crippen LogP contribution in [0.2, 0.25) is 0 Å². The van der Waals surface area contributed by atoms with E-state index in [4.69, 9.17) is 0 Å². The summed E-state index contributed by atoms with van der Waals surface area (Å²) in [4.78, 5) is 21.0. The van der Waals surface area contributed by atoms with Gasteiger partial charge in [0.05, 0.1) is 0 Å². The largest absolute Gasteiger partial charge is 0.356 e. The van der Waals surface area contributed by atoms with Gasteiger partial charge in [-0.3, -0.25) is 9.59 Å². The lowest BCUT2D eigenvalue weighted by Gasteiger charge is -2.02. The number of carbonyl (C=O) groups excluding carboxylic acids is 2. The summed E-state index contributed by atoms with van der Waals surface area (Å²) in [5.41, 5.74) is 1.88. The van der Waals surface area contributed by atoms with Crippen molar-refractivity contribution in [1.29, 1.82) is 0 Å². The first kappa shape index (κ1) is 11.4. The molecule has 15 heavy (non-hydrogen) atoms. The Kier molecular flexibility index (Phi) is 4.54. The van der Waals surface area contributed by atoms with E-state index in [1.165, 1.54) is 12.5 Å². The molecule has 0 bridgehead atoms. The molecule has 0 radical (unpaired) electrons. The summed E-state index contributed by atoms with van der Waals surface area (Å²) in [6.45, 7) is 2.21. The summed E-state index contributed by atoms with van der Waals surface area (Å²) in [5.74, 6) is 0.00584. The van der Waals surface area contributed by atoms with Crippen molar-refractivity contribution in [2.45, 2.75) is 19.8 Å². The molecule has 80 valence electrons. The van der Waals surface area contributed by atoms with Gasteiger partial charge in [-0.1, -0.05) is 24.3 Å². The highest BCUT2D eigenvalue weighted by Crippen LogP contribution is 2.04. The monoisotopic (exact) mass is 205 g/mol. The molecular formula is C12H15NO2. The zero-order valence-corrected chi connectivity index (χ0v) is 8.82. The molecule has 0 aliphatic heterocycles. The molecule has 0 fully saturated rings. The normalized spacial score (nSPS) is 9.67. The van der Waals surface area contributed by atoms with Crippen LogP contribution in [0.5, 0.6) is 0 Å². The maximum Gasteiger partial charge on any atom is 0.216 e. The second-order valence-electron chi connectivity index (χ2n) is 3.45. The van der Waals surface area contributed by atoms with E-state index in [0.717, 1.165) is 19.1 Å². The predicted molar refractivity (Wildman–Crippen MR) is 58.8 cm³/mol. The van der Waals surface area contributed by atoms with Gasteiger partial charge in [0.1, 0.15) is 6.29 Å². The smallest absolute Gasteiger partial charge is 0.216 e. The average molecular weight is 205 g/mol. The van der Waals surface area contributed by atoms with Crippen LogP contribution >= 0.6 is 0 Å². The van der Waals surface area contributed by atoms with E-state index in [9.17, 15) is 9.59 Å². The molecule has 0 unspecified atom stereocenters. The maximum atomic E-state index is 10.6. The number of hydrogen-bond acceptors (Lipinski definition) is 2. The molecule has 1 aromatic carbocycles. The molecule has 3 heteroatoms. The van der Waals surface area contributed by atoms with Crippen molar-refractivity contribution in [1.82, 2.24) is 5.32 Å². The molecule has 0 spiro atoms. The van der Waals surface area contributed by atoms with Gasteiger partial charge >= 0.3 is 0 Å². The summed E-state index contributed by atoms with van der Waals surface area (Å²) in [5, 5.41) is 2.74. The van der Waals surface area contributed by atoms with Crippen LogP contribution in [0.4, 0.5) is 0 Å². The Morgan fingerprint density at radius 3 is 2.53 bits per heavy atom. The van der Waals surface area contributed by atoms with Gasteiger partial charge in [-0.2, -0.15) is 0 Å². The minimum absolute atomic E-state index is 0.00584. The Balaban J connectivity index is 2.31. The first-order valence-electron chi connectivity index (χ1n) is 5.01. The number of hydrogen-bond donors (Lipinski definition) is 1. The van der Waals surface area contributed by atoms with Crippen molar-refractivity contribution in [2.75, 3.05) is 6.54 Å². The summed E-state index contributed by atoms with van der Waals surface area (Å²) in [6.07, 6.45) is 2.67. The van der Waals surface area contributed by atoms with E-state index in [-0.39, 0.29) is 5.91 Å². The third-order valence-corrected chi connectivity index (χ3v) is 2.13. The van der Waals surface area contributed by atoms with Crippen LogP contribution in [0.25, 0.3) is 0 Å². The van der Waals surface area contributed by atoms with E-state index < -0.39 is 0 Å². The lowest BCUT2D eigenvalue weighted by Crippen LogP contribution is -2.21. The molecular weight excluding hydrogens is 190 g/mol. The SMILES string of the molecule is CC(=O)NCCCc1ccc(C=O)cc1. The van der Waals surface area contributed by atoms with Crippen LogP contribution in [0, 0.1) is 0 Å². The first-order chi connectivity index (χ1) is 7.22. The molecule has 0 atom stereocenters. The summed E-state index contributed by atoms with van der Waals surface area (Å²) in [6, 6.07) is 7.50. The molecule has 0 aliphatic rings. The Hall–Kier alpha value is -1.64.